The van der Waals surface area contributed by atoms with Crippen LogP contribution < -0.4 is 10.6 Å². The lowest BCUT2D eigenvalue weighted by Gasteiger charge is -2.26. The van der Waals surface area contributed by atoms with E-state index in [4.69, 9.17) is 5.73 Å². The number of Topliss-reactive ketones (excluding diaryl/α,β-unsaturated/α-hetero) is 1. The second kappa shape index (κ2) is 4.75. The van der Waals surface area contributed by atoms with Crippen LogP contribution in [0.1, 0.15) is 30.1 Å². The summed E-state index contributed by atoms with van der Waals surface area (Å²) in [6.07, 6.45) is -2.77. The van der Waals surface area contributed by atoms with Crippen molar-refractivity contribution in [2.45, 2.75) is 32.0 Å². The predicted molar refractivity (Wildman–Crippen MR) is 67.3 cm³/mol. The van der Waals surface area contributed by atoms with Gasteiger partial charge in [0, 0.05) is 23.0 Å². The molecule has 0 atom stereocenters. The fraction of sp³-hybridized carbons (Fsp3) is 0.462. The highest BCUT2D eigenvalue weighted by Gasteiger charge is 2.38. The number of halogens is 3. The van der Waals surface area contributed by atoms with Crippen LogP contribution in [0.2, 0.25) is 0 Å². The van der Waals surface area contributed by atoms with Crippen LogP contribution in [0.4, 0.5) is 24.5 Å². The van der Waals surface area contributed by atoms with Crippen LogP contribution in [-0.2, 0) is 0 Å². The fourth-order valence-corrected chi connectivity index (χ4v) is 2.04. The Morgan fingerprint density at radius 1 is 1.42 bits per heavy atom. The number of alkyl halides is 3. The summed E-state index contributed by atoms with van der Waals surface area (Å²) in [5.41, 5.74) is 6.61. The molecule has 1 aliphatic rings. The van der Waals surface area contributed by atoms with Gasteiger partial charge in [-0.15, -0.1) is 0 Å². The normalized spacial score (nSPS) is 15.4. The van der Waals surface area contributed by atoms with Crippen molar-refractivity contribution in [3.05, 3.63) is 23.8 Å². The van der Waals surface area contributed by atoms with E-state index in [0.717, 1.165) is 12.8 Å². The van der Waals surface area contributed by atoms with Crippen molar-refractivity contribution in [3.63, 3.8) is 0 Å². The van der Waals surface area contributed by atoms with Crippen LogP contribution in [0.15, 0.2) is 18.2 Å². The quantitative estimate of drug-likeness (QED) is 0.677. The van der Waals surface area contributed by atoms with Crippen LogP contribution in [0.3, 0.4) is 0 Å². The molecule has 0 spiro atoms. The SMILES string of the molecule is CC(=O)c1cc(N(CC(F)(F)F)C2CC2)ccc1N. The van der Waals surface area contributed by atoms with Gasteiger partial charge in [0.15, 0.2) is 5.78 Å². The zero-order valence-electron chi connectivity index (χ0n) is 10.5. The number of benzene rings is 1. The van der Waals surface area contributed by atoms with E-state index in [-0.39, 0.29) is 17.4 Å². The van der Waals surface area contributed by atoms with E-state index in [0.29, 0.717) is 11.4 Å². The van der Waals surface area contributed by atoms with Gasteiger partial charge in [-0.3, -0.25) is 4.79 Å². The van der Waals surface area contributed by atoms with Gasteiger partial charge in [-0.05, 0) is 38.0 Å². The molecule has 104 valence electrons. The molecule has 3 nitrogen and oxygen atoms in total. The van der Waals surface area contributed by atoms with Gasteiger partial charge in [-0.1, -0.05) is 0 Å². The third kappa shape index (κ3) is 3.39. The first-order valence-corrected chi connectivity index (χ1v) is 6.02. The molecule has 0 bridgehead atoms. The maximum atomic E-state index is 12.6. The Hall–Kier alpha value is -1.72. The standard InChI is InChI=1S/C13H15F3N2O/c1-8(19)11-6-10(4-5-12(11)17)18(9-2-3-9)7-13(14,15)16/h4-6,9H,2-3,7,17H2,1H3. The number of carbonyl (C=O) groups is 1. The Morgan fingerprint density at radius 3 is 2.53 bits per heavy atom. The van der Waals surface area contributed by atoms with Crippen LogP contribution in [0.25, 0.3) is 0 Å². The number of carbonyl (C=O) groups excluding carboxylic acids is 1. The minimum Gasteiger partial charge on any atom is -0.398 e. The Kier molecular flexibility index (Phi) is 3.43. The van der Waals surface area contributed by atoms with E-state index < -0.39 is 12.7 Å². The lowest BCUT2D eigenvalue weighted by Crippen LogP contribution is -2.36. The van der Waals surface area contributed by atoms with E-state index in [1.165, 1.54) is 30.0 Å². The average Bonchev–Trinajstić information content (AvgIpc) is 3.09. The van der Waals surface area contributed by atoms with Crippen molar-refractivity contribution < 1.29 is 18.0 Å². The summed E-state index contributed by atoms with van der Waals surface area (Å²) in [5, 5.41) is 0. The van der Waals surface area contributed by atoms with E-state index in [1.807, 2.05) is 0 Å². The first-order valence-electron chi connectivity index (χ1n) is 6.02. The summed E-state index contributed by atoms with van der Waals surface area (Å²) >= 11 is 0. The molecule has 0 amide bonds. The highest BCUT2D eigenvalue weighted by molar-refractivity contribution is 6.00. The maximum absolute atomic E-state index is 12.6. The van der Waals surface area contributed by atoms with Crippen molar-refractivity contribution in [3.8, 4) is 0 Å². The van der Waals surface area contributed by atoms with Gasteiger partial charge in [0.25, 0.3) is 0 Å². The smallest absolute Gasteiger partial charge is 0.398 e. The second-order valence-electron chi connectivity index (χ2n) is 4.80. The number of anilines is 2. The zero-order valence-corrected chi connectivity index (χ0v) is 10.5. The molecule has 1 aromatic rings. The van der Waals surface area contributed by atoms with Crippen LogP contribution in [0.5, 0.6) is 0 Å². The van der Waals surface area contributed by atoms with Gasteiger partial charge in [-0.25, -0.2) is 0 Å². The van der Waals surface area contributed by atoms with Gasteiger partial charge in [0.1, 0.15) is 6.54 Å². The maximum Gasteiger partial charge on any atom is 0.405 e. The van der Waals surface area contributed by atoms with Crippen molar-refractivity contribution in [2.75, 3.05) is 17.2 Å². The van der Waals surface area contributed by atoms with Gasteiger partial charge < -0.3 is 10.6 Å². The number of ketones is 1. The van der Waals surface area contributed by atoms with E-state index >= 15 is 0 Å². The number of nitrogens with zero attached hydrogens (tertiary/aromatic N) is 1. The molecule has 0 radical (unpaired) electrons. The third-order valence-electron chi connectivity index (χ3n) is 3.09. The highest BCUT2D eigenvalue weighted by atomic mass is 19.4. The molecule has 0 aromatic heterocycles. The molecule has 1 aromatic carbocycles. The van der Waals surface area contributed by atoms with Crippen molar-refractivity contribution in [1.82, 2.24) is 0 Å². The first kappa shape index (κ1) is 13.7. The second-order valence-corrected chi connectivity index (χ2v) is 4.80. The molecule has 0 saturated heterocycles. The van der Waals surface area contributed by atoms with Crippen LogP contribution in [-0.4, -0.2) is 24.5 Å². The topological polar surface area (TPSA) is 46.3 Å². The lowest BCUT2D eigenvalue weighted by atomic mass is 10.1. The van der Waals surface area contributed by atoms with E-state index in [9.17, 15) is 18.0 Å². The molecular formula is C13H15F3N2O. The number of nitrogen functional groups attached to an aromatic ring is 1. The number of hydrogen-bond donors (Lipinski definition) is 1. The summed E-state index contributed by atoms with van der Waals surface area (Å²) in [6.45, 7) is 0.347. The molecule has 6 heteroatoms. The van der Waals surface area contributed by atoms with Gasteiger partial charge in [0.2, 0.25) is 0 Å². The Morgan fingerprint density at radius 2 is 2.05 bits per heavy atom. The lowest BCUT2D eigenvalue weighted by molar-refractivity contribution is -0.120. The molecule has 19 heavy (non-hydrogen) atoms. The largest absolute Gasteiger partial charge is 0.405 e. The monoisotopic (exact) mass is 272 g/mol. The summed E-state index contributed by atoms with van der Waals surface area (Å²) in [4.78, 5) is 12.7. The summed E-state index contributed by atoms with van der Waals surface area (Å²) in [5.74, 6) is -0.248. The zero-order chi connectivity index (χ0) is 14.2. The molecule has 1 fully saturated rings. The Bertz CT molecular complexity index is 495. The molecule has 2 rings (SSSR count). The molecule has 0 aliphatic heterocycles. The van der Waals surface area contributed by atoms with Crippen LogP contribution in [0, 0.1) is 0 Å². The van der Waals surface area contributed by atoms with Crippen LogP contribution >= 0.6 is 0 Å². The van der Waals surface area contributed by atoms with Gasteiger partial charge in [0.05, 0.1) is 0 Å². The fourth-order valence-electron chi connectivity index (χ4n) is 2.04. The van der Waals surface area contributed by atoms with Gasteiger partial charge >= 0.3 is 6.18 Å². The predicted octanol–water partition coefficient (Wildman–Crippen LogP) is 3.00. The minimum absolute atomic E-state index is 0.0925. The molecule has 0 heterocycles. The highest BCUT2D eigenvalue weighted by Crippen LogP contribution is 2.35. The molecule has 1 saturated carbocycles. The summed E-state index contributed by atoms with van der Waals surface area (Å²) in [6, 6.07) is 4.37. The number of nitrogens with two attached hydrogens (primary N) is 1. The third-order valence-corrected chi connectivity index (χ3v) is 3.09. The van der Waals surface area contributed by atoms with Gasteiger partial charge in [-0.2, -0.15) is 13.2 Å². The average molecular weight is 272 g/mol. The first-order chi connectivity index (χ1) is 8.78. The molecular weight excluding hydrogens is 257 g/mol. The minimum atomic E-state index is -4.26. The summed E-state index contributed by atoms with van der Waals surface area (Å²) < 4.78 is 37.8. The molecule has 2 N–H and O–H groups in total. The van der Waals surface area contributed by atoms with E-state index in [2.05, 4.69) is 0 Å². The van der Waals surface area contributed by atoms with Crippen molar-refractivity contribution >= 4 is 17.2 Å². The molecule has 0 unspecified atom stereocenters. The van der Waals surface area contributed by atoms with E-state index in [1.54, 1.807) is 0 Å². The Labute approximate surface area is 109 Å². The number of hydrogen-bond acceptors (Lipinski definition) is 3. The number of rotatable bonds is 4. The van der Waals surface area contributed by atoms with Crippen molar-refractivity contribution in [1.29, 1.82) is 0 Å². The molecule has 1 aliphatic carbocycles. The summed E-state index contributed by atoms with van der Waals surface area (Å²) in [7, 11) is 0. The Balaban J connectivity index is 2.32. The van der Waals surface area contributed by atoms with Crippen molar-refractivity contribution in [2.24, 2.45) is 0 Å².